The first-order valence-electron chi connectivity index (χ1n) is 5.33. The van der Waals surface area contributed by atoms with E-state index in [0.717, 1.165) is 5.76 Å². The third kappa shape index (κ3) is 2.43. The van der Waals surface area contributed by atoms with Crippen molar-refractivity contribution in [1.29, 1.82) is 0 Å². The predicted octanol–water partition coefficient (Wildman–Crippen LogP) is -0.224. The molecule has 0 unspecified atom stereocenters. The van der Waals surface area contributed by atoms with Crippen molar-refractivity contribution in [1.82, 2.24) is 4.90 Å². The van der Waals surface area contributed by atoms with Crippen molar-refractivity contribution < 1.29 is 19.4 Å². The summed E-state index contributed by atoms with van der Waals surface area (Å²) >= 11 is 0. The van der Waals surface area contributed by atoms with Gasteiger partial charge in [-0.2, -0.15) is 0 Å². The first-order valence-corrected chi connectivity index (χ1v) is 5.33. The topological polar surface area (TPSA) is 73.9 Å². The van der Waals surface area contributed by atoms with E-state index in [1.807, 2.05) is 6.07 Å². The summed E-state index contributed by atoms with van der Waals surface area (Å²) in [6.07, 6.45) is 0.838. The molecule has 5 nitrogen and oxygen atoms in total. The molecule has 0 saturated carbocycles. The normalized spacial score (nSPS) is 25.0. The Labute approximate surface area is 93.3 Å². The van der Waals surface area contributed by atoms with Gasteiger partial charge in [0.2, 0.25) is 5.91 Å². The van der Waals surface area contributed by atoms with Crippen molar-refractivity contribution >= 4 is 5.91 Å². The van der Waals surface area contributed by atoms with E-state index in [9.17, 15) is 15.0 Å². The fourth-order valence-corrected chi connectivity index (χ4v) is 1.82. The Morgan fingerprint density at radius 2 is 2.12 bits per heavy atom. The smallest absolute Gasteiger partial charge is 0.223 e. The van der Waals surface area contributed by atoms with Gasteiger partial charge in [0.15, 0.2) is 0 Å². The van der Waals surface area contributed by atoms with Gasteiger partial charge in [-0.05, 0) is 12.1 Å². The van der Waals surface area contributed by atoms with E-state index in [1.54, 1.807) is 12.3 Å². The molecule has 1 aromatic heterocycles. The van der Waals surface area contributed by atoms with E-state index in [2.05, 4.69) is 0 Å². The molecule has 1 aliphatic rings. The molecule has 16 heavy (non-hydrogen) atoms. The number of rotatable bonds is 3. The van der Waals surface area contributed by atoms with Gasteiger partial charge in [-0.25, -0.2) is 0 Å². The molecule has 1 aliphatic heterocycles. The summed E-state index contributed by atoms with van der Waals surface area (Å²) in [4.78, 5) is 13.2. The van der Waals surface area contributed by atoms with Crippen LogP contribution in [-0.2, 0) is 11.2 Å². The molecule has 2 N–H and O–H groups in total. The van der Waals surface area contributed by atoms with Crippen molar-refractivity contribution in [3.05, 3.63) is 24.2 Å². The summed E-state index contributed by atoms with van der Waals surface area (Å²) in [5.74, 6) is 0.709. The fraction of sp³-hybridized carbons (Fsp3) is 0.545. The second-order valence-electron chi connectivity index (χ2n) is 4.01. The number of nitrogens with zero attached hydrogens (tertiary/aromatic N) is 1. The van der Waals surface area contributed by atoms with Crippen LogP contribution >= 0.6 is 0 Å². The molecule has 1 aromatic rings. The van der Waals surface area contributed by atoms with Crippen molar-refractivity contribution in [2.45, 2.75) is 25.0 Å². The highest BCUT2D eigenvalue weighted by Gasteiger charge is 2.32. The van der Waals surface area contributed by atoms with Gasteiger partial charge in [0.05, 0.1) is 18.5 Å². The first-order chi connectivity index (χ1) is 7.66. The zero-order valence-corrected chi connectivity index (χ0v) is 8.87. The minimum atomic E-state index is -0.812. The van der Waals surface area contributed by atoms with Crippen LogP contribution in [0.25, 0.3) is 0 Å². The number of aliphatic hydroxyl groups excluding tert-OH is 2. The molecular weight excluding hydrogens is 210 g/mol. The van der Waals surface area contributed by atoms with Gasteiger partial charge in [-0.1, -0.05) is 0 Å². The van der Waals surface area contributed by atoms with E-state index < -0.39 is 12.2 Å². The third-order valence-electron chi connectivity index (χ3n) is 2.78. The van der Waals surface area contributed by atoms with Crippen molar-refractivity contribution in [2.75, 3.05) is 13.1 Å². The van der Waals surface area contributed by atoms with Crippen molar-refractivity contribution in [3.8, 4) is 0 Å². The predicted molar refractivity (Wildman–Crippen MR) is 55.6 cm³/mol. The van der Waals surface area contributed by atoms with Crippen LogP contribution in [-0.4, -0.2) is 46.3 Å². The van der Waals surface area contributed by atoms with Crippen LogP contribution in [0.5, 0.6) is 0 Å². The van der Waals surface area contributed by atoms with Crippen LogP contribution in [0.1, 0.15) is 12.2 Å². The molecule has 1 saturated heterocycles. The van der Waals surface area contributed by atoms with Gasteiger partial charge >= 0.3 is 0 Å². The van der Waals surface area contributed by atoms with Gasteiger partial charge < -0.3 is 19.5 Å². The van der Waals surface area contributed by atoms with Gasteiger partial charge in [-0.15, -0.1) is 0 Å². The lowest BCUT2D eigenvalue weighted by molar-refractivity contribution is -0.130. The molecule has 5 heteroatoms. The van der Waals surface area contributed by atoms with Crippen LogP contribution in [0.2, 0.25) is 0 Å². The Morgan fingerprint density at radius 3 is 2.69 bits per heavy atom. The Balaban J connectivity index is 1.80. The Bertz CT molecular complexity index is 339. The van der Waals surface area contributed by atoms with E-state index in [0.29, 0.717) is 12.8 Å². The van der Waals surface area contributed by atoms with Gasteiger partial charge in [0.1, 0.15) is 5.76 Å². The lowest BCUT2D eigenvalue weighted by Crippen LogP contribution is -2.29. The number of furan rings is 1. The standard InChI is InChI=1S/C11H15NO4/c13-9-6-12(7-10(9)14)11(15)4-3-8-2-1-5-16-8/h1-2,5,9-10,13-14H,3-4,6-7H2/t9-,10+. The number of hydrogen-bond acceptors (Lipinski definition) is 4. The Hall–Kier alpha value is -1.33. The van der Waals surface area contributed by atoms with E-state index >= 15 is 0 Å². The Morgan fingerprint density at radius 1 is 1.44 bits per heavy atom. The SMILES string of the molecule is O=C(CCc1ccco1)N1C[C@@H](O)[C@@H](O)C1. The minimum Gasteiger partial charge on any atom is -0.469 e. The number of hydrogen-bond donors (Lipinski definition) is 2. The van der Waals surface area contributed by atoms with Crippen molar-refractivity contribution in [3.63, 3.8) is 0 Å². The average Bonchev–Trinajstić information content (AvgIpc) is 2.86. The highest BCUT2D eigenvalue weighted by atomic mass is 16.3. The lowest BCUT2D eigenvalue weighted by Gasteiger charge is -2.14. The molecular formula is C11H15NO4. The molecule has 0 bridgehead atoms. The third-order valence-corrected chi connectivity index (χ3v) is 2.78. The summed E-state index contributed by atoms with van der Waals surface area (Å²) < 4.78 is 5.12. The van der Waals surface area contributed by atoms with Crippen LogP contribution in [0.3, 0.4) is 0 Å². The van der Waals surface area contributed by atoms with Crippen LogP contribution in [0.4, 0.5) is 0 Å². The molecule has 2 heterocycles. The number of β-amino-alcohol motifs (C(OH)–C–C–N with tert-alkyl or cyclic N) is 2. The molecule has 0 aromatic carbocycles. The Kier molecular flexibility index (Phi) is 3.26. The van der Waals surface area contributed by atoms with E-state index in [-0.39, 0.29) is 19.0 Å². The molecule has 0 aliphatic carbocycles. The summed E-state index contributed by atoms with van der Waals surface area (Å²) in [5, 5.41) is 18.6. The largest absolute Gasteiger partial charge is 0.469 e. The zero-order chi connectivity index (χ0) is 11.5. The maximum Gasteiger partial charge on any atom is 0.223 e. The number of carbonyl (C=O) groups is 1. The summed E-state index contributed by atoms with van der Waals surface area (Å²) in [6, 6.07) is 3.60. The van der Waals surface area contributed by atoms with Gasteiger partial charge in [0, 0.05) is 25.9 Å². The number of likely N-dealkylation sites (tertiary alicyclic amines) is 1. The molecule has 1 amide bonds. The summed E-state index contributed by atoms with van der Waals surface area (Å²) in [5.41, 5.74) is 0. The molecule has 88 valence electrons. The highest BCUT2D eigenvalue weighted by molar-refractivity contribution is 5.76. The summed E-state index contributed by atoms with van der Waals surface area (Å²) in [6.45, 7) is 0.441. The second kappa shape index (κ2) is 4.67. The van der Waals surface area contributed by atoms with Crippen LogP contribution < -0.4 is 0 Å². The van der Waals surface area contributed by atoms with Crippen LogP contribution in [0.15, 0.2) is 22.8 Å². The molecule has 1 fully saturated rings. The fourth-order valence-electron chi connectivity index (χ4n) is 1.82. The quantitative estimate of drug-likeness (QED) is 0.745. The zero-order valence-electron chi connectivity index (χ0n) is 8.87. The molecule has 0 spiro atoms. The van der Waals surface area contributed by atoms with E-state index in [4.69, 9.17) is 4.42 Å². The highest BCUT2D eigenvalue weighted by Crippen LogP contribution is 2.12. The molecule has 2 rings (SSSR count). The number of aryl methyl sites for hydroxylation is 1. The monoisotopic (exact) mass is 225 g/mol. The maximum absolute atomic E-state index is 11.7. The van der Waals surface area contributed by atoms with Gasteiger partial charge in [-0.3, -0.25) is 4.79 Å². The average molecular weight is 225 g/mol. The minimum absolute atomic E-state index is 0.0630. The lowest BCUT2D eigenvalue weighted by atomic mass is 10.2. The molecule has 0 radical (unpaired) electrons. The summed E-state index contributed by atoms with van der Waals surface area (Å²) in [7, 11) is 0. The van der Waals surface area contributed by atoms with Gasteiger partial charge in [0.25, 0.3) is 0 Å². The number of carbonyl (C=O) groups excluding carboxylic acids is 1. The first kappa shape index (κ1) is 11.2. The second-order valence-corrected chi connectivity index (χ2v) is 4.01. The molecule has 2 atom stereocenters. The number of aliphatic hydroxyl groups is 2. The number of amides is 1. The van der Waals surface area contributed by atoms with E-state index in [1.165, 1.54) is 4.90 Å². The maximum atomic E-state index is 11.7. The van der Waals surface area contributed by atoms with Crippen LogP contribution in [0, 0.1) is 0 Å². The van der Waals surface area contributed by atoms with Crippen molar-refractivity contribution in [2.24, 2.45) is 0 Å².